The van der Waals surface area contributed by atoms with Gasteiger partial charge in [-0.2, -0.15) is 0 Å². The van der Waals surface area contributed by atoms with Crippen LogP contribution in [0.3, 0.4) is 0 Å². The van der Waals surface area contributed by atoms with Gasteiger partial charge in [0.15, 0.2) is 17.7 Å². The molecule has 2 aliphatic rings. The van der Waals surface area contributed by atoms with Gasteiger partial charge in [0.05, 0.1) is 6.61 Å². The molecule has 1 saturated carbocycles. The number of hydrogen-bond acceptors (Lipinski definition) is 6. The van der Waals surface area contributed by atoms with Crippen molar-refractivity contribution in [1.29, 1.82) is 0 Å². The first kappa shape index (κ1) is 31.9. The van der Waals surface area contributed by atoms with Gasteiger partial charge in [0.25, 0.3) is 0 Å². The Balaban J connectivity index is 1.04. The first-order valence-electron chi connectivity index (χ1n) is 15.3. The molecule has 1 saturated heterocycles. The lowest BCUT2D eigenvalue weighted by Crippen LogP contribution is -2.33. The van der Waals surface area contributed by atoms with E-state index in [1.54, 1.807) is 6.92 Å². The fourth-order valence-electron chi connectivity index (χ4n) is 5.91. The van der Waals surface area contributed by atoms with E-state index in [0.717, 1.165) is 30.5 Å². The topological polar surface area (TPSA) is 60.0 Å². The molecule has 4 atom stereocenters. The second kappa shape index (κ2) is 13.6. The number of carbonyl (C=O) groups excluding carboxylic acids is 1. The Hall–Kier alpha value is -3.56. The van der Waals surface area contributed by atoms with E-state index in [4.69, 9.17) is 14.2 Å². The van der Waals surface area contributed by atoms with Gasteiger partial charge in [-0.15, -0.1) is 0 Å². The summed E-state index contributed by atoms with van der Waals surface area (Å²) in [7, 11) is 0. The van der Waals surface area contributed by atoms with Crippen LogP contribution < -0.4 is 14.8 Å². The number of benzene rings is 3. The van der Waals surface area contributed by atoms with Crippen LogP contribution in [0.15, 0.2) is 60.7 Å². The number of ether oxygens (including phenoxy) is 3. The predicted molar refractivity (Wildman–Crippen MR) is 162 cm³/mol. The number of esters is 1. The van der Waals surface area contributed by atoms with E-state index >= 15 is 0 Å². The number of carbonyl (C=O) groups is 1. The van der Waals surface area contributed by atoms with Gasteiger partial charge >= 0.3 is 5.97 Å². The Bertz CT molecular complexity index is 1410. The molecule has 1 aliphatic carbocycles. The lowest BCUT2D eigenvalue weighted by atomic mass is 9.87. The minimum absolute atomic E-state index is 0.0253. The monoisotopic (exact) mass is 610 g/mol. The van der Waals surface area contributed by atoms with E-state index in [1.807, 2.05) is 48.5 Å². The highest BCUT2D eigenvalue weighted by Crippen LogP contribution is 2.45. The molecule has 2 fully saturated rings. The zero-order valence-corrected chi connectivity index (χ0v) is 25.7. The highest BCUT2D eigenvalue weighted by Gasteiger charge is 2.55. The number of nitrogens with zero attached hydrogens (tertiary/aromatic N) is 1. The molecule has 1 unspecified atom stereocenters. The van der Waals surface area contributed by atoms with Crippen molar-refractivity contribution in [1.82, 2.24) is 10.2 Å². The predicted octanol–water partition coefficient (Wildman–Crippen LogP) is 6.05. The molecule has 3 aromatic carbocycles. The van der Waals surface area contributed by atoms with Crippen LogP contribution in [0.2, 0.25) is 0 Å². The molecule has 236 valence electrons. The fourth-order valence-corrected chi connectivity index (χ4v) is 5.91. The van der Waals surface area contributed by atoms with Gasteiger partial charge in [-0.25, -0.2) is 18.0 Å². The summed E-state index contributed by atoms with van der Waals surface area (Å²) in [5.74, 6) is -1.01. The van der Waals surface area contributed by atoms with Gasteiger partial charge in [-0.3, -0.25) is 4.90 Å². The molecule has 44 heavy (non-hydrogen) atoms. The maximum absolute atomic E-state index is 14.0. The third-order valence-electron chi connectivity index (χ3n) is 8.40. The Morgan fingerprint density at radius 2 is 1.57 bits per heavy atom. The zero-order valence-electron chi connectivity index (χ0n) is 25.7. The average Bonchev–Trinajstić information content (AvgIpc) is 3.43. The van der Waals surface area contributed by atoms with Crippen LogP contribution >= 0.6 is 0 Å². The van der Waals surface area contributed by atoms with Crippen LogP contribution in [0.1, 0.15) is 44.4 Å². The molecule has 5 rings (SSSR count). The molecule has 6 nitrogen and oxygen atoms in total. The summed E-state index contributed by atoms with van der Waals surface area (Å²) in [6, 6.07) is 17.4. The summed E-state index contributed by atoms with van der Waals surface area (Å²) < 4.78 is 57.9. The van der Waals surface area contributed by atoms with Crippen molar-refractivity contribution in [2.75, 3.05) is 32.8 Å². The second-order valence-electron chi connectivity index (χ2n) is 12.7. The van der Waals surface area contributed by atoms with Gasteiger partial charge in [-0.1, -0.05) is 45.0 Å². The molecule has 0 spiro atoms. The quantitative estimate of drug-likeness (QED) is 0.144. The van der Waals surface area contributed by atoms with Crippen LogP contribution in [0.4, 0.5) is 13.2 Å². The molecular formula is C35H41F3N2O4. The largest absolute Gasteiger partial charge is 0.492 e. The molecule has 0 bridgehead atoms. The lowest BCUT2D eigenvalue weighted by Gasteiger charge is -2.21. The first-order valence-corrected chi connectivity index (χ1v) is 15.3. The zero-order chi connectivity index (χ0) is 31.4. The Morgan fingerprint density at radius 3 is 2.20 bits per heavy atom. The number of piperidine rings is 1. The van der Waals surface area contributed by atoms with Crippen LogP contribution in [0, 0.1) is 29.3 Å². The van der Waals surface area contributed by atoms with E-state index in [-0.39, 0.29) is 24.1 Å². The van der Waals surface area contributed by atoms with E-state index in [0.29, 0.717) is 49.3 Å². The number of nitrogens with one attached hydrogen (secondary N) is 1. The number of rotatable bonds is 13. The average molecular weight is 611 g/mol. The van der Waals surface area contributed by atoms with Crippen molar-refractivity contribution in [2.45, 2.75) is 58.2 Å². The van der Waals surface area contributed by atoms with Crippen molar-refractivity contribution >= 4 is 5.97 Å². The Labute approximate surface area is 257 Å². The lowest BCUT2D eigenvalue weighted by molar-refractivity contribution is -0.151. The van der Waals surface area contributed by atoms with Crippen molar-refractivity contribution < 1.29 is 32.2 Å². The van der Waals surface area contributed by atoms with Crippen molar-refractivity contribution in [3.05, 3.63) is 94.8 Å². The van der Waals surface area contributed by atoms with Crippen molar-refractivity contribution in [2.24, 2.45) is 11.8 Å². The minimum Gasteiger partial charge on any atom is -0.492 e. The van der Waals surface area contributed by atoms with Crippen LogP contribution in [0.5, 0.6) is 11.5 Å². The Morgan fingerprint density at radius 1 is 0.932 bits per heavy atom. The van der Waals surface area contributed by atoms with Gasteiger partial charge in [-0.05, 0) is 65.6 Å². The molecule has 0 radical (unpaired) electrons. The highest BCUT2D eigenvalue weighted by molar-refractivity contribution is 5.75. The van der Waals surface area contributed by atoms with Gasteiger partial charge in [0.2, 0.25) is 0 Å². The SMILES string of the molecule is CCOC(=O)[C@@H](Cc1ccc(OCCNC2[C@H]3CN(Cc4cc(F)c(F)cc4F)C[C@@H]23)cc1)Oc1ccc(C(C)(C)C)cc1. The van der Waals surface area contributed by atoms with E-state index in [1.165, 1.54) is 5.56 Å². The van der Waals surface area contributed by atoms with Crippen molar-refractivity contribution in [3.8, 4) is 11.5 Å². The number of hydrogen-bond donors (Lipinski definition) is 1. The number of halogens is 3. The smallest absolute Gasteiger partial charge is 0.347 e. The van der Waals surface area contributed by atoms with E-state index in [9.17, 15) is 18.0 Å². The summed E-state index contributed by atoms with van der Waals surface area (Å²) in [5.41, 5.74) is 2.32. The summed E-state index contributed by atoms with van der Waals surface area (Å²) in [6.45, 7) is 11.5. The first-order chi connectivity index (χ1) is 21.0. The molecule has 0 aromatic heterocycles. The van der Waals surface area contributed by atoms with Crippen LogP contribution in [-0.4, -0.2) is 55.9 Å². The highest BCUT2D eigenvalue weighted by atomic mass is 19.2. The normalized spacial score (nSPS) is 20.2. The summed E-state index contributed by atoms with van der Waals surface area (Å²) in [5, 5.41) is 3.53. The van der Waals surface area contributed by atoms with E-state index in [2.05, 4.69) is 31.0 Å². The second-order valence-corrected chi connectivity index (χ2v) is 12.7. The molecule has 3 aromatic rings. The van der Waals surface area contributed by atoms with Gasteiger partial charge < -0.3 is 19.5 Å². The molecule has 1 aliphatic heterocycles. The van der Waals surface area contributed by atoms with Crippen molar-refractivity contribution in [3.63, 3.8) is 0 Å². The summed E-state index contributed by atoms with van der Waals surface area (Å²) in [6.07, 6.45) is -0.400. The fraction of sp³-hybridized carbons (Fsp3) is 0.457. The minimum atomic E-state index is -1.16. The maximum atomic E-state index is 14.0. The standard InChI is InChI=1S/C35H41F3N2O4/c1-5-42-34(41)32(44-26-12-8-24(9-13-26)35(2,3)4)16-22-6-10-25(11-7-22)43-15-14-39-33-27-20-40(21-28(27)33)19-23-17-30(37)31(38)18-29(23)36/h6-13,17-18,27-28,32-33,39H,5,14-16,19-21H2,1-4H3/t27-,28+,32-,33?/m1/s1. The molecule has 1 N–H and O–H groups in total. The van der Waals surface area contributed by atoms with Gasteiger partial charge in [0, 0.05) is 50.3 Å². The summed E-state index contributed by atoms with van der Waals surface area (Å²) in [4.78, 5) is 14.8. The molecule has 9 heteroatoms. The maximum Gasteiger partial charge on any atom is 0.347 e. The van der Waals surface area contributed by atoms with Crippen LogP contribution in [-0.2, 0) is 27.9 Å². The number of fused-ring (bicyclic) bond motifs is 1. The van der Waals surface area contributed by atoms with Gasteiger partial charge in [0.1, 0.15) is 23.9 Å². The molecule has 0 amide bonds. The summed E-state index contributed by atoms with van der Waals surface area (Å²) >= 11 is 0. The molecule has 1 heterocycles. The number of likely N-dealkylation sites (tertiary alicyclic amines) is 1. The van der Waals surface area contributed by atoms with E-state index < -0.39 is 29.5 Å². The molecular weight excluding hydrogens is 569 g/mol. The third-order valence-corrected chi connectivity index (χ3v) is 8.40. The third kappa shape index (κ3) is 7.93. The van der Waals surface area contributed by atoms with Crippen LogP contribution in [0.25, 0.3) is 0 Å². The Kier molecular flexibility index (Phi) is 9.85.